The third kappa shape index (κ3) is 2.79. The summed E-state index contributed by atoms with van der Waals surface area (Å²) >= 11 is 3.38. The molecule has 1 amide bonds. The molecule has 0 radical (unpaired) electrons. The van der Waals surface area contributed by atoms with Crippen molar-refractivity contribution in [2.45, 2.75) is 19.4 Å². The predicted molar refractivity (Wildman–Crippen MR) is 122 cm³/mol. The number of carbonyl (C=O) groups excluding carboxylic acids is 3. The number of para-hydroxylation sites is 1. The number of hydrogen-bond donors (Lipinski definition) is 1. The Morgan fingerprint density at radius 1 is 0.969 bits per heavy atom. The van der Waals surface area contributed by atoms with Crippen LogP contribution in [0.5, 0.6) is 5.75 Å². The van der Waals surface area contributed by atoms with Crippen molar-refractivity contribution in [3.8, 4) is 5.75 Å². The fraction of sp³-hybridized carbons (Fsp3) is 0.192. The highest BCUT2D eigenvalue weighted by Gasteiger charge is 2.88. The number of hydrogen-bond acceptors (Lipinski definition) is 4. The van der Waals surface area contributed by atoms with Crippen LogP contribution in [0, 0.1) is 10.8 Å². The van der Waals surface area contributed by atoms with Gasteiger partial charge in [0.25, 0.3) is 0 Å². The van der Waals surface area contributed by atoms with Crippen LogP contribution in [0.2, 0.25) is 0 Å². The second-order valence-electron chi connectivity index (χ2n) is 8.38. The van der Waals surface area contributed by atoms with Gasteiger partial charge >= 0.3 is 5.97 Å². The van der Waals surface area contributed by atoms with E-state index in [0.717, 1.165) is 10.0 Å². The highest BCUT2D eigenvalue weighted by Crippen LogP contribution is 2.78. The molecule has 160 valence electrons. The van der Waals surface area contributed by atoms with E-state index in [4.69, 9.17) is 4.74 Å². The van der Waals surface area contributed by atoms with Gasteiger partial charge in [0.2, 0.25) is 5.91 Å². The van der Waals surface area contributed by atoms with Gasteiger partial charge in [-0.05, 0) is 30.7 Å². The van der Waals surface area contributed by atoms with Crippen LogP contribution in [0.3, 0.4) is 0 Å². The Balaban J connectivity index is 1.57. The molecule has 3 aromatic rings. The molecule has 6 heteroatoms. The van der Waals surface area contributed by atoms with Crippen LogP contribution in [0.1, 0.15) is 34.3 Å². The standard InChI is InChI=1S/C26H20BrNO4/c1-25(22(29)17-11-13-18(27)14-12-17)21-19-9-5-6-10-20(19)32-24(31)26(21,25)23(30)28-15-16-7-3-2-4-8-16/h2-14,21H,15H2,1H3,(H,28,30). The summed E-state index contributed by atoms with van der Waals surface area (Å²) in [5.41, 5.74) is -0.813. The Morgan fingerprint density at radius 3 is 2.34 bits per heavy atom. The maximum atomic E-state index is 13.7. The monoisotopic (exact) mass is 489 g/mol. The normalized spacial score (nSPS) is 25.2. The Bertz CT molecular complexity index is 1240. The zero-order valence-corrected chi connectivity index (χ0v) is 18.9. The highest BCUT2D eigenvalue weighted by atomic mass is 79.9. The first-order valence-corrected chi connectivity index (χ1v) is 11.1. The molecule has 1 fully saturated rings. The number of rotatable bonds is 5. The summed E-state index contributed by atoms with van der Waals surface area (Å²) in [6.45, 7) is 1.96. The number of amides is 1. The number of ketones is 1. The number of nitrogens with one attached hydrogen (secondary N) is 1. The number of halogens is 1. The molecule has 3 aromatic carbocycles. The minimum absolute atomic E-state index is 0.251. The van der Waals surface area contributed by atoms with Crippen molar-refractivity contribution in [1.29, 1.82) is 0 Å². The van der Waals surface area contributed by atoms with Gasteiger partial charge < -0.3 is 10.1 Å². The Hall–Kier alpha value is -3.25. The molecule has 0 bridgehead atoms. The van der Waals surface area contributed by atoms with E-state index in [1.165, 1.54) is 0 Å². The summed E-state index contributed by atoms with van der Waals surface area (Å²) in [4.78, 5) is 40.7. The average Bonchev–Trinajstić information content (AvgIpc) is 3.41. The van der Waals surface area contributed by atoms with Crippen molar-refractivity contribution in [1.82, 2.24) is 5.32 Å². The molecule has 0 spiro atoms. The average molecular weight is 490 g/mol. The first-order valence-electron chi connectivity index (χ1n) is 10.3. The van der Waals surface area contributed by atoms with Gasteiger partial charge in [-0.25, -0.2) is 0 Å². The van der Waals surface area contributed by atoms with Crippen molar-refractivity contribution in [2.75, 3.05) is 0 Å². The SMILES string of the molecule is CC1(C(=O)c2ccc(Br)cc2)C2c3ccccc3OC(=O)C21C(=O)NCc1ccccc1. The molecule has 5 nitrogen and oxygen atoms in total. The summed E-state index contributed by atoms with van der Waals surface area (Å²) in [6, 6.07) is 23.5. The Kier molecular flexibility index (Phi) is 4.78. The van der Waals surface area contributed by atoms with E-state index in [-0.39, 0.29) is 12.3 Å². The fourth-order valence-electron chi connectivity index (χ4n) is 5.07. The smallest absolute Gasteiger partial charge is 0.328 e. The van der Waals surface area contributed by atoms with E-state index in [1.54, 1.807) is 43.3 Å². The van der Waals surface area contributed by atoms with Crippen molar-refractivity contribution in [3.05, 3.63) is 100 Å². The molecular formula is C26H20BrNO4. The van der Waals surface area contributed by atoms with Gasteiger partial charge in [-0.2, -0.15) is 0 Å². The lowest BCUT2D eigenvalue weighted by Crippen LogP contribution is -2.45. The number of fused-ring (bicyclic) bond motifs is 3. The molecule has 0 saturated heterocycles. The van der Waals surface area contributed by atoms with Crippen LogP contribution in [0.25, 0.3) is 0 Å². The lowest BCUT2D eigenvalue weighted by molar-refractivity contribution is -0.149. The van der Waals surface area contributed by atoms with Crippen molar-refractivity contribution >= 4 is 33.6 Å². The van der Waals surface area contributed by atoms with Gasteiger partial charge in [0.05, 0.1) is 5.41 Å². The minimum atomic E-state index is -1.61. The summed E-state index contributed by atoms with van der Waals surface area (Å²) in [7, 11) is 0. The topological polar surface area (TPSA) is 72.5 Å². The van der Waals surface area contributed by atoms with Crippen LogP contribution >= 0.6 is 15.9 Å². The molecule has 1 aliphatic carbocycles. The molecule has 32 heavy (non-hydrogen) atoms. The number of carbonyl (C=O) groups is 3. The molecule has 3 unspecified atom stereocenters. The molecule has 1 aliphatic heterocycles. The number of benzene rings is 3. The van der Waals surface area contributed by atoms with Crippen LogP contribution < -0.4 is 10.1 Å². The maximum absolute atomic E-state index is 13.7. The molecule has 1 heterocycles. The maximum Gasteiger partial charge on any atom is 0.328 e. The number of Topliss-reactive ketones (excluding diaryl/α,β-unsaturated/α-hetero) is 1. The third-order valence-electron chi connectivity index (χ3n) is 6.73. The van der Waals surface area contributed by atoms with Crippen LogP contribution in [-0.2, 0) is 16.1 Å². The first-order chi connectivity index (χ1) is 15.4. The zero-order valence-electron chi connectivity index (χ0n) is 17.3. The van der Waals surface area contributed by atoms with Gasteiger partial charge in [0, 0.05) is 28.1 Å². The Morgan fingerprint density at radius 2 is 1.62 bits per heavy atom. The van der Waals surface area contributed by atoms with Crippen LogP contribution in [0.15, 0.2) is 83.3 Å². The first kappa shape index (κ1) is 20.6. The summed E-state index contributed by atoms with van der Waals surface area (Å²) < 4.78 is 6.44. The lowest BCUT2D eigenvalue weighted by atomic mass is 9.86. The third-order valence-corrected chi connectivity index (χ3v) is 7.26. The fourth-order valence-corrected chi connectivity index (χ4v) is 5.34. The quantitative estimate of drug-likeness (QED) is 0.245. The van der Waals surface area contributed by atoms with E-state index in [2.05, 4.69) is 21.2 Å². The molecule has 1 saturated carbocycles. The Labute approximate surface area is 193 Å². The van der Waals surface area contributed by atoms with Gasteiger partial charge in [0.15, 0.2) is 11.2 Å². The minimum Gasteiger partial charge on any atom is -0.425 e. The summed E-state index contributed by atoms with van der Waals surface area (Å²) in [6.07, 6.45) is 0. The van der Waals surface area contributed by atoms with E-state index >= 15 is 0 Å². The second kappa shape index (κ2) is 7.41. The second-order valence-corrected chi connectivity index (χ2v) is 9.29. The van der Waals surface area contributed by atoms with E-state index in [1.807, 2.05) is 42.5 Å². The van der Waals surface area contributed by atoms with Gasteiger partial charge in [0.1, 0.15) is 5.75 Å². The van der Waals surface area contributed by atoms with Crippen LogP contribution in [-0.4, -0.2) is 17.7 Å². The molecule has 0 aromatic heterocycles. The number of esters is 1. The molecule has 3 atom stereocenters. The van der Waals surface area contributed by atoms with Crippen LogP contribution in [0.4, 0.5) is 0 Å². The van der Waals surface area contributed by atoms with E-state index in [0.29, 0.717) is 16.9 Å². The van der Waals surface area contributed by atoms with Gasteiger partial charge in [-0.3, -0.25) is 14.4 Å². The van der Waals surface area contributed by atoms with Gasteiger partial charge in [-0.1, -0.05) is 76.6 Å². The van der Waals surface area contributed by atoms with E-state index < -0.39 is 28.6 Å². The molecular weight excluding hydrogens is 470 g/mol. The highest BCUT2D eigenvalue weighted by molar-refractivity contribution is 9.10. The molecule has 2 aliphatic rings. The summed E-state index contributed by atoms with van der Waals surface area (Å²) in [5.74, 6) is -1.61. The lowest BCUT2D eigenvalue weighted by Gasteiger charge is -2.23. The van der Waals surface area contributed by atoms with E-state index in [9.17, 15) is 14.4 Å². The predicted octanol–water partition coefficient (Wildman–Crippen LogP) is 4.66. The van der Waals surface area contributed by atoms with Crippen molar-refractivity contribution in [2.24, 2.45) is 10.8 Å². The largest absolute Gasteiger partial charge is 0.425 e. The molecule has 1 N–H and O–H groups in total. The van der Waals surface area contributed by atoms with Gasteiger partial charge in [-0.15, -0.1) is 0 Å². The van der Waals surface area contributed by atoms with Crippen molar-refractivity contribution in [3.63, 3.8) is 0 Å². The summed E-state index contributed by atoms with van der Waals surface area (Å²) in [5, 5.41) is 2.88. The molecule has 5 rings (SSSR count). The zero-order chi connectivity index (χ0) is 22.5. The van der Waals surface area contributed by atoms with Crippen molar-refractivity contribution < 1.29 is 19.1 Å². The number of ether oxygens (including phenoxy) is 1.